The molecule has 1 unspecified atom stereocenters. The Hall–Kier alpha value is -4.27. The number of ether oxygens (including phenoxy) is 2. The minimum absolute atomic E-state index is 0.0243. The molecule has 38 heavy (non-hydrogen) atoms. The number of fused-ring (bicyclic) bond motifs is 2. The minimum atomic E-state index is -4.62. The predicted octanol–water partition coefficient (Wildman–Crippen LogP) is 6.61. The Morgan fingerprint density at radius 1 is 0.974 bits per heavy atom. The average molecular weight is 524 g/mol. The molecule has 3 aromatic carbocycles. The van der Waals surface area contributed by atoms with E-state index in [2.05, 4.69) is 0 Å². The van der Waals surface area contributed by atoms with Crippen LogP contribution in [0.1, 0.15) is 47.1 Å². The lowest BCUT2D eigenvalue weighted by Gasteiger charge is -2.26. The van der Waals surface area contributed by atoms with E-state index in [1.807, 2.05) is 13.8 Å². The number of hydrogen-bond acceptors (Lipinski definition) is 5. The summed E-state index contributed by atoms with van der Waals surface area (Å²) < 4.78 is 57.9. The van der Waals surface area contributed by atoms with Crippen LogP contribution in [0.25, 0.3) is 11.0 Å². The van der Waals surface area contributed by atoms with Crippen molar-refractivity contribution in [3.8, 4) is 11.5 Å². The van der Waals surface area contributed by atoms with Crippen LogP contribution in [-0.2, 0) is 6.18 Å². The highest BCUT2D eigenvalue weighted by molar-refractivity contribution is 6.10. The zero-order valence-corrected chi connectivity index (χ0v) is 20.8. The topological polar surface area (TPSA) is 69.0 Å². The van der Waals surface area contributed by atoms with Gasteiger partial charge in [0, 0.05) is 5.69 Å². The van der Waals surface area contributed by atoms with Crippen LogP contribution in [0.5, 0.6) is 11.5 Å². The Balaban J connectivity index is 1.73. The monoisotopic (exact) mass is 523 g/mol. The molecule has 0 saturated carbocycles. The van der Waals surface area contributed by atoms with Gasteiger partial charge >= 0.3 is 6.18 Å². The number of alkyl halides is 3. The van der Waals surface area contributed by atoms with E-state index in [0.29, 0.717) is 23.7 Å². The Morgan fingerprint density at radius 3 is 2.45 bits per heavy atom. The second-order valence-corrected chi connectivity index (χ2v) is 9.41. The Labute approximate surface area is 216 Å². The summed E-state index contributed by atoms with van der Waals surface area (Å²) in [5, 5.41) is 0.263. The first-order chi connectivity index (χ1) is 18.1. The van der Waals surface area contributed by atoms with Crippen molar-refractivity contribution in [3.05, 3.63) is 99.4 Å². The van der Waals surface area contributed by atoms with Crippen molar-refractivity contribution in [2.75, 3.05) is 18.6 Å². The summed E-state index contributed by atoms with van der Waals surface area (Å²) in [6.45, 7) is 4.43. The summed E-state index contributed by atoms with van der Waals surface area (Å²) in [5.74, 6) is 0.151. The molecule has 196 valence electrons. The maximum atomic E-state index is 13.7. The van der Waals surface area contributed by atoms with Crippen LogP contribution in [0.3, 0.4) is 0 Å². The summed E-state index contributed by atoms with van der Waals surface area (Å²) in [7, 11) is 1.46. The van der Waals surface area contributed by atoms with E-state index in [1.54, 1.807) is 42.5 Å². The van der Waals surface area contributed by atoms with Crippen molar-refractivity contribution in [2.24, 2.45) is 5.92 Å². The standard InChI is InChI=1S/C29H24F3NO5/c1-16(2)15-37-22-12-11-17(13-23(22)36-3)25-24-26(34)20-9-4-5-10-21(20)38-27(24)28(35)33(25)19-8-6-7-18(14-19)29(30,31)32/h4-14,16,25H,15H2,1-3H3. The molecule has 1 atom stereocenters. The summed E-state index contributed by atoms with van der Waals surface area (Å²) >= 11 is 0. The van der Waals surface area contributed by atoms with Gasteiger partial charge in [-0.15, -0.1) is 0 Å². The second-order valence-electron chi connectivity index (χ2n) is 9.41. The van der Waals surface area contributed by atoms with Crippen molar-refractivity contribution in [1.82, 2.24) is 0 Å². The van der Waals surface area contributed by atoms with E-state index < -0.39 is 29.1 Å². The fourth-order valence-corrected chi connectivity index (χ4v) is 4.56. The first-order valence-corrected chi connectivity index (χ1v) is 12.0. The molecule has 0 saturated heterocycles. The van der Waals surface area contributed by atoms with Gasteiger partial charge in [-0.25, -0.2) is 0 Å². The van der Waals surface area contributed by atoms with E-state index in [-0.39, 0.29) is 33.9 Å². The van der Waals surface area contributed by atoms with Crippen LogP contribution in [0, 0.1) is 5.92 Å². The highest BCUT2D eigenvalue weighted by atomic mass is 19.4. The van der Waals surface area contributed by atoms with Crippen molar-refractivity contribution in [3.63, 3.8) is 0 Å². The normalized spacial score (nSPS) is 15.3. The largest absolute Gasteiger partial charge is 0.493 e. The molecule has 1 aliphatic rings. The summed E-state index contributed by atoms with van der Waals surface area (Å²) in [5.41, 5.74) is -0.673. The minimum Gasteiger partial charge on any atom is -0.493 e. The lowest BCUT2D eigenvalue weighted by Crippen LogP contribution is -2.29. The number of rotatable bonds is 6. The SMILES string of the molecule is COc1cc(C2c3c(oc4ccccc4c3=O)C(=O)N2c2cccc(C(F)(F)F)c2)ccc1OCC(C)C. The Bertz CT molecular complexity index is 1590. The molecule has 0 spiro atoms. The van der Waals surface area contributed by atoms with Gasteiger partial charge in [-0.1, -0.05) is 38.1 Å². The van der Waals surface area contributed by atoms with Gasteiger partial charge in [0.1, 0.15) is 5.58 Å². The van der Waals surface area contributed by atoms with Crippen molar-refractivity contribution < 1.29 is 31.9 Å². The zero-order valence-electron chi connectivity index (χ0n) is 20.8. The van der Waals surface area contributed by atoms with Gasteiger partial charge in [-0.3, -0.25) is 14.5 Å². The maximum absolute atomic E-state index is 13.7. The Morgan fingerprint density at radius 2 is 1.74 bits per heavy atom. The van der Waals surface area contributed by atoms with Gasteiger partial charge in [-0.2, -0.15) is 13.2 Å². The molecule has 2 heterocycles. The average Bonchev–Trinajstić information content (AvgIpc) is 3.19. The molecule has 4 aromatic rings. The van der Waals surface area contributed by atoms with Gasteiger partial charge in [0.25, 0.3) is 5.91 Å². The molecule has 0 aliphatic carbocycles. The highest BCUT2D eigenvalue weighted by Crippen LogP contribution is 2.44. The number of hydrogen-bond donors (Lipinski definition) is 0. The lowest BCUT2D eigenvalue weighted by molar-refractivity contribution is -0.137. The molecule has 1 amide bonds. The molecule has 0 fully saturated rings. The van der Waals surface area contributed by atoms with Crippen LogP contribution in [0.15, 0.2) is 75.9 Å². The van der Waals surface area contributed by atoms with Gasteiger partial charge in [0.05, 0.1) is 36.3 Å². The van der Waals surface area contributed by atoms with Gasteiger partial charge in [0.2, 0.25) is 5.76 Å². The van der Waals surface area contributed by atoms with Crippen molar-refractivity contribution in [1.29, 1.82) is 0 Å². The summed E-state index contributed by atoms with van der Waals surface area (Å²) in [6, 6.07) is 14.8. The molecule has 5 rings (SSSR count). The fourth-order valence-electron chi connectivity index (χ4n) is 4.56. The molecular formula is C29H24F3NO5. The Kier molecular flexibility index (Phi) is 6.38. The van der Waals surface area contributed by atoms with Crippen LogP contribution in [0.2, 0.25) is 0 Å². The van der Waals surface area contributed by atoms with E-state index in [4.69, 9.17) is 13.9 Å². The van der Waals surface area contributed by atoms with E-state index in [0.717, 1.165) is 17.0 Å². The first kappa shape index (κ1) is 25.4. The highest BCUT2D eigenvalue weighted by Gasteiger charge is 2.44. The number of benzene rings is 3. The summed E-state index contributed by atoms with van der Waals surface area (Å²) in [4.78, 5) is 28.5. The number of carbonyl (C=O) groups excluding carboxylic acids is 1. The van der Waals surface area contributed by atoms with Crippen LogP contribution < -0.4 is 19.8 Å². The van der Waals surface area contributed by atoms with Gasteiger partial charge < -0.3 is 13.9 Å². The molecule has 9 heteroatoms. The predicted molar refractivity (Wildman–Crippen MR) is 136 cm³/mol. The molecule has 0 bridgehead atoms. The molecule has 1 aromatic heterocycles. The first-order valence-electron chi connectivity index (χ1n) is 12.0. The van der Waals surface area contributed by atoms with Crippen LogP contribution >= 0.6 is 0 Å². The molecule has 0 radical (unpaired) electrons. The number of para-hydroxylation sites is 1. The number of nitrogens with zero attached hydrogens (tertiary/aromatic N) is 1. The zero-order chi connectivity index (χ0) is 27.2. The van der Waals surface area contributed by atoms with Crippen LogP contribution in [-0.4, -0.2) is 19.6 Å². The molecular weight excluding hydrogens is 499 g/mol. The molecule has 6 nitrogen and oxygen atoms in total. The third kappa shape index (κ3) is 4.38. The number of carbonyl (C=O) groups is 1. The molecule has 1 aliphatic heterocycles. The van der Waals surface area contributed by atoms with Gasteiger partial charge in [0.15, 0.2) is 16.9 Å². The fraction of sp³-hybridized carbons (Fsp3) is 0.241. The number of amides is 1. The smallest absolute Gasteiger partial charge is 0.416 e. The van der Waals surface area contributed by atoms with Crippen molar-refractivity contribution in [2.45, 2.75) is 26.1 Å². The number of anilines is 1. The van der Waals surface area contributed by atoms with Crippen LogP contribution in [0.4, 0.5) is 18.9 Å². The van der Waals surface area contributed by atoms with E-state index >= 15 is 0 Å². The molecule has 0 N–H and O–H groups in total. The third-order valence-corrected chi connectivity index (χ3v) is 6.30. The number of halogens is 3. The maximum Gasteiger partial charge on any atom is 0.416 e. The number of methoxy groups -OCH3 is 1. The second kappa shape index (κ2) is 9.55. The van der Waals surface area contributed by atoms with Crippen molar-refractivity contribution >= 4 is 22.6 Å². The quantitative estimate of drug-likeness (QED) is 0.285. The van der Waals surface area contributed by atoms with E-state index in [1.165, 1.54) is 19.2 Å². The third-order valence-electron chi connectivity index (χ3n) is 6.30. The lowest BCUT2D eigenvalue weighted by atomic mass is 9.97. The summed E-state index contributed by atoms with van der Waals surface area (Å²) in [6.07, 6.45) is -4.62. The van der Waals surface area contributed by atoms with Gasteiger partial charge in [-0.05, 0) is 53.9 Å². The van der Waals surface area contributed by atoms with E-state index in [9.17, 15) is 22.8 Å².